The zero-order valence-corrected chi connectivity index (χ0v) is 13.8. The van der Waals surface area contributed by atoms with Gasteiger partial charge in [0.15, 0.2) is 0 Å². The molecule has 0 unspecified atom stereocenters. The standard InChI is InChI=1S/C16H19N3O2S/c1-11-4-6-13(7-5-11)15-8-12(2)17-16(18-15)14-9-19(10-14)22(3,20)21/h4-8,14H,9-10H2,1-3H3. The Morgan fingerprint density at radius 2 is 1.73 bits per heavy atom. The summed E-state index contributed by atoms with van der Waals surface area (Å²) in [5, 5.41) is 0. The lowest BCUT2D eigenvalue weighted by molar-refractivity contribution is 0.257. The number of hydrogen-bond donors (Lipinski definition) is 0. The van der Waals surface area contributed by atoms with Gasteiger partial charge in [-0.3, -0.25) is 0 Å². The van der Waals surface area contributed by atoms with Crippen LogP contribution in [0.2, 0.25) is 0 Å². The van der Waals surface area contributed by atoms with Gasteiger partial charge in [-0.25, -0.2) is 22.7 Å². The molecule has 0 aliphatic carbocycles. The fourth-order valence-electron chi connectivity index (χ4n) is 2.52. The van der Waals surface area contributed by atoms with Gasteiger partial charge in [-0.15, -0.1) is 0 Å². The van der Waals surface area contributed by atoms with Gasteiger partial charge in [0.05, 0.1) is 11.9 Å². The first-order valence-corrected chi connectivity index (χ1v) is 9.05. The van der Waals surface area contributed by atoms with E-state index in [4.69, 9.17) is 0 Å². The van der Waals surface area contributed by atoms with E-state index in [1.165, 1.54) is 16.1 Å². The molecule has 0 amide bonds. The van der Waals surface area contributed by atoms with Crippen molar-refractivity contribution in [2.45, 2.75) is 19.8 Å². The molecule has 3 rings (SSSR count). The highest BCUT2D eigenvalue weighted by molar-refractivity contribution is 7.88. The molecule has 5 nitrogen and oxygen atoms in total. The summed E-state index contributed by atoms with van der Waals surface area (Å²) in [6.45, 7) is 4.93. The Labute approximate surface area is 131 Å². The molecule has 1 aromatic heterocycles. The molecule has 1 aliphatic heterocycles. The van der Waals surface area contributed by atoms with Crippen LogP contribution in [0.3, 0.4) is 0 Å². The van der Waals surface area contributed by atoms with Crippen molar-refractivity contribution in [2.75, 3.05) is 19.3 Å². The Morgan fingerprint density at radius 1 is 1.09 bits per heavy atom. The van der Waals surface area contributed by atoms with Crippen molar-refractivity contribution in [3.8, 4) is 11.3 Å². The van der Waals surface area contributed by atoms with Crippen LogP contribution in [0.15, 0.2) is 30.3 Å². The zero-order valence-electron chi connectivity index (χ0n) is 12.9. The van der Waals surface area contributed by atoms with E-state index in [9.17, 15) is 8.42 Å². The second-order valence-corrected chi connectivity index (χ2v) is 7.88. The molecule has 116 valence electrons. The van der Waals surface area contributed by atoms with Crippen molar-refractivity contribution in [3.63, 3.8) is 0 Å². The van der Waals surface area contributed by atoms with Gasteiger partial charge < -0.3 is 0 Å². The molecule has 1 fully saturated rings. The molecular weight excluding hydrogens is 298 g/mol. The summed E-state index contributed by atoms with van der Waals surface area (Å²) in [5.74, 6) is 0.814. The van der Waals surface area contributed by atoms with Crippen LogP contribution in [0.25, 0.3) is 11.3 Å². The van der Waals surface area contributed by atoms with E-state index in [2.05, 4.69) is 29.0 Å². The van der Waals surface area contributed by atoms with Gasteiger partial charge in [0.25, 0.3) is 0 Å². The van der Waals surface area contributed by atoms with Crippen LogP contribution in [-0.2, 0) is 10.0 Å². The highest BCUT2D eigenvalue weighted by Gasteiger charge is 2.36. The van der Waals surface area contributed by atoms with Crippen molar-refractivity contribution in [1.82, 2.24) is 14.3 Å². The smallest absolute Gasteiger partial charge is 0.211 e. The van der Waals surface area contributed by atoms with Crippen LogP contribution in [0.4, 0.5) is 0 Å². The van der Waals surface area contributed by atoms with Gasteiger partial charge in [0, 0.05) is 30.3 Å². The monoisotopic (exact) mass is 317 g/mol. The Bertz CT molecular complexity index is 795. The third kappa shape index (κ3) is 3.03. The summed E-state index contributed by atoms with van der Waals surface area (Å²) in [4.78, 5) is 9.12. The second kappa shape index (κ2) is 5.44. The third-order valence-electron chi connectivity index (χ3n) is 3.90. The lowest BCUT2D eigenvalue weighted by Crippen LogP contribution is -2.48. The van der Waals surface area contributed by atoms with Gasteiger partial charge in [0.2, 0.25) is 10.0 Å². The molecule has 22 heavy (non-hydrogen) atoms. The number of nitrogens with zero attached hydrogens (tertiary/aromatic N) is 3. The first-order chi connectivity index (χ1) is 10.3. The predicted molar refractivity (Wildman–Crippen MR) is 86.1 cm³/mol. The summed E-state index contributed by atoms with van der Waals surface area (Å²) in [6.07, 6.45) is 1.23. The topological polar surface area (TPSA) is 63.2 Å². The maximum absolute atomic E-state index is 11.5. The third-order valence-corrected chi connectivity index (χ3v) is 5.14. The fraction of sp³-hybridized carbons (Fsp3) is 0.375. The molecule has 1 saturated heterocycles. The molecule has 1 aromatic carbocycles. The van der Waals surface area contributed by atoms with E-state index in [0.717, 1.165) is 22.8 Å². The van der Waals surface area contributed by atoms with Crippen molar-refractivity contribution < 1.29 is 8.42 Å². The van der Waals surface area contributed by atoms with E-state index in [0.29, 0.717) is 13.1 Å². The maximum atomic E-state index is 11.5. The van der Waals surface area contributed by atoms with Crippen LogP contribution in [-0.4, -0.2) is 42.0 Å². The molecule has 2 aromatic rings. The minimum Gasteiger partial charge on any atom is -0.238 e. The minimum atomic E-state index is -3.11. The molecule has 0 saturated carbocycles. The lowest BCUT2D eigenvalue weighted by atomic mass is 10.0. The van der Waals surface area contributed by atoms with Gasteiger partial charge in [-0.2, -0.15) is 0 Å². The summed E-state index contributed by atoms with van der Waals surface area (Å²) >= 11 is 0. The highest BCUT2D eigenvalue weighted by Crippen LogP contribution is 2.28. The Balaban J connectivity index is 1.87. The van der Waals surface area contributed by atoms with Gasteiger partial charge in [-0.05, 0) is 19.9 Å². The molecule has 0 bridgehead atoms. The van der Waals surface area contributed by atoms with E-state index < -0.39 is 10.0 Å². The van der Waals surface area contributed by atoms with Crippen LogP contribution in [0.1, 0.15) is 23.0 Å². The molecule has 2 heterocycles. The predicted octanol–water partition coefficient (Wildman–Crippen LogP) is 2.12. The molecule has 1 aliphatic rings. The summed E-state index contributed by atoms with van der Waals surface area (Å²) in [6, 6.07) is 10.2. The van der Waals surface area contributed by atoms with Crippen molar-refractivity contribution in [1.29, 1.82) is 0 Å². The Morgan fingerprint density at radius 3 is 2.32 bits per heavy atom. The first kappa shape index (κ1) is 15.1. The van der Waals surface area contributed by atoms with Crippen LogP contribution in [0.5, 0.6) is 0 Å². The molecule has 0 N–H and O–H groups in total. The Kier molecular flexibility index (Phi) is 3.74. The lowest BCUT2D eigenvalue weighted by Gasteiger charge is -2.36. The molecule has 0 atom stereocenters. The first-order valence-electron chi connectivity index (χ1n) is 7.20. The van der Waals surface area contributed by atoms with Crippen molar-refractivity contribution >= 4 is 10.0 Å². The van der Waals surface area contributed by atoms with Crippen molar-refractivity contribution in [3.05, 3.63) is 47.4 Å². The quantitative estimate of drug-likeness (QED) is 0.870. The summed E-state index contributed by atoms with van der Waals surface area (Å²) in [7, 11) is -3.11. The summed E-state index contributed by atoms with van der Waals surface area (Å²) < 4.78 is 24.4. The normalized spacial score (nSPS) is 16.5. The number of aromatic nitrogens is 2. The van der Waals surface area contributed by atoms with Gasteiger partial charge in [-0.1, -0.05) is 29.8 Å². The van der Waals surface area contributed by atoms with Crippen LogP contribution < -0.4 is 0 Å². The summed E-state index contributed by atoms with van der Waals surface area (Å²) in [5.41, 5.74) is 4.05. The average Bonchev–Trinajstić information content (AvgIpc) is 2.35. The number of sulfonamides is 1. The van der Waals surface area contributed by atoms with Crippen LogP contribution in [0, 0.1) is 13.8 Å². The number of hydrogen-bond acceptors (Lipinski definition) is 4. The largest absolute Gasteiger partial charge is 0.238 e. The number of rotatable bonds is 3. The van der Waals surface area contributed by atoms with Gasteiger partial charge >= 0.3 is 0 Å². The molecule has 0 spiro atoms. The molecule has 6 heteroatoms. The Hall–Kier alpha value is -1.79. The second-order valence-electron chi connectivity index (χ2n) is 5.90. The van der Waals surface area contributed by atoms with Gasteiger partial charge in [0.1, 0.15) is 5.82 Å². The van der Waals surface area contributed by atoms with E-state index >= 15 is 0 Å². The highest BCUT2D eigenvalue weighted by atomic mass is 32.2. The molecule has 0 radical (unpaired) electrons. The fourth-order valence-corrected chi connectivity index (χ4v) is 3.42. The SMILES string of the molecule is Cc1ccc(-c2cc(C)nc(C3CN(S(C)(=O)=O)C3)n2)cc1. The maximum Gasteiger partial charge on any atom is 0.211 e. The minimum absolute atomic E-state index is 0.0822. The van der Waals surface area contributed by atoms with E-state index in [1.807, 2.05) is 25.1 Å². The van der Waals surface area contributed by atoms with Crippen LogP contribution >= 0.6 is 0 Å². The van der Waals surface area contributed by atoms with E-state index in [1.54, 1.807) is 0 Å². The number of benzene rings is 1. The zero-order chi connectivity index (χ0) is 15.9. The average molecular weight is 317 g/mol. The van der Waals surface area contributed by atoms with Crippen molar-refractivity contribution in [2.24, 2.45) is 0 Å². The molecular formula is C16H19N3O2S. The van der Waals surface area contributed by atoms with E-state index in [-0.39, 0.29) is 5.92 Å². The number of aryl methyl sites for hydroxylation is 2.